The minimum Gasteiger partial charge on any atom is -0.481 e. The Hall–Kier alpha value is -1.99. The third-order valence-corrected chi connectivity index (χ3v) is 3.33. The van der Waals surface area contributed by atoms with E-state index < -0.39 is 0 Å². The van der Waals surface area contributed by atoms with E-state index in [9.17, 15) is 4.79 Å². The first-order chi connectivity index (χ1) is 10.1. The zero-order valence-electron chi connectivity index (χ0n) is 12.2. The average Bonchev–Trinajstić information content (AvgIpc) is 2.45. The van der Waals surface area contributed by atoms with Crippen molar-refractivity contribution in [3.8, 4) is 17.1 Å². The van der Waals surface area contributed by atoms with Gasteiger partial charge in [0.2, 0.25) is 5.88 Å². The number of hydrogen-bond donors (Lipinski definition) is 1. The monoisotopic (exact) mass is 307 g/mol. The van der Waals surface area contributed by atoms with Gasteiger partial charge in [-0.05, 0) is 30.8 Å². The van der Waals surface area contributed by atoms with Crippen LogP contribution in [0, 0.1) is 11.7 Å². The summed E-state index contributed by atoms with van der Waals surface area (Å²) in [4.78, 5) is 18.6. The Morgan fingerprint density at radius 3 is 2.81 bits per heavy atom. The molecule has 21 heavy (non-hydrogen) atoms. The zero-order chi connectivity index (χ0) is 15.4. The van der Waals surface area contributed by atoms with Crippen LogP contribution in [0.3, 0.4) is 0 Å². The first-order valence-electron chi connectivity index (χ1n) is 6.41. The smallest absolute Gasteiger partial charge is 0.252 e. The number of methoxy groups -OCH3 is 2. The van der Waals surface area contributed by atoms with Crippen molar-refractivity contribution in [2.75, 3.05) is 20.8 Å². The number of H-pyrrole nitrogens is 1. The summed E-state index contributed by atoms with van der Waals surface area (Å²) < 4.78 is 12.5. The molecule has 2 heterocycles. The fraction of sp³-hybridized carbons (Fsp3) is 0.357. The van der Waals surface area contributed by atoms with Crippen molar-refractivity contribution in [3.05, 3.63) is 39.0 Å². The maximum atomic E-state index is 11.8. The molecule has 0 aromatic carbocycles. The van der Waals surface area contributed by atoms with Crippen LogP contribution in [0.5, 0.6) is 5.88 Å². The predicted molar refractivity (Wildman–Crippen MR) is 82.3 cm³/mol. The van der Waals surface area contributed by atoms with E-state index in [4.69, 9.17) is 21.7 Å². The van der Waals surface area contributed by atoms with Gasteiger partial charge < -0.3 is 14.0 Å². The second-order valence-electron chi connectivity index (χ2n) is 4.54. The number of aromatic nitrogens is 3. The summed E-state index contributed by atoms with van der Waals surface area (Å²) in [5.74, 6) is 0.451. The molecule has 0 aliphatic carbocycles. The van der Waals surface area contributed by atoms with Crippen molar-refractivity contribution >= 4 is 12.2 Å². The lowest BCUT2D eigenvalue weighted by molar-refractivity contribution is 0.186. The van der Waals surface area contributed by atoms with Crippen molar-refractivity contribution < 1.29 is 9.47 Å². The van der Waals surface area contributed by atoms with Crippen molar-refractivity contribution in [3.63, 3.8) is 0 Å². The van der Waals surface area contributed by atoms with E-state index in [1.165, 1.54) is 6.07 Å². The lowest BCUT2D eigenvalue weighted by Gasteiger charge is -2.15. The number of rotatable bonds is 5. The predicted octanol–water partition coefficient (Wildman–Crippen LogP) is 1.93. The van der Waals surface area contributed by atoms with E-state index in [1.54, 1.807) is 25.0 Å². The van der Waals surface area contributed by atoms with Crippen molar-refractivity contribution in [1.29, 1.82) is 0 Å². The summed E-state index contributed by atoms with van der Waals surface area (Å²) in [5.41, 5.74) is 2.10. The van der Waals surface area contributed by atoms with Gasteiger partial charge in [0.1, 0.15) is 0 Å². The number of nitrogens with one attached hydrogen (secondary N) is 1. The molecule has 0 bridgehead atoms. The van der Waals surface area contributed by atoms with Crippen molar-refractivity contribution in [2.24, 2.45) is 0 Å². The van der Waals surface area contributed by atoms with Gasteiger partial charge in [0.05, 0.1) is 25.0 Å². The summed E-state index contributed by atoms with van der Waals surface area (Å²) in [6.07, 6.45) is 1.71. The highest BCUT2D eigenvalue weighted by molar-refractivity contribution is 7.71. The zero-order valence-corrected chi connectivity index (χ0v) is 13.0. The van der Waals surface area contributed by atoms with E-state index in [0.717, 1.165) is 11.1 Å². The Bertz CT molecular complexity index is 752. The Morgan fingerprint density at radius 2 is 2.14 bits per heavy atom. The number of ether oxygens (including phenoxy) is 2. The van der Waals surface area contributed by atoms with Crippen LogP contribution in [0.25, 0.3) is 11.3 Å². The minimum atomic E-state index is -0.257. The van der Waals surface area contributed by atoms with Gasteiger partial charge in [-0.2, -0.15) is 0 Å². The molecule has 0 amide bonds. The van der Waals surface area contributed by atoms with Gasteiger partial charge in [0.15, 0.2) is 4.77 Å². The molecule has 0 atom stereocenters. The average molecular weight is 307 g/mol. The SMILES string of the molecule is COCCn1c(-c2cc(C)cnc2OC)cc(=O)[nH]c1=S. The molecule has 0 spiro atoms. The molecule has 0 unspecified atom stereocenters. The van der Waals surface area contributed by atoms with Gasteiger partial charge in [0.25, 0.3) is 5.56 Å². The molecule has 2 rings (SSSR count). The number of aryl methyl sites for hydroxylation is 1. The van der Waals surface area contributed by atoms with Crippen LogP contribution in [0.4, 0.5) is 0 Å². The molecule has 0 aliphatic heterocycles. The quantitative estimate of drug-likeness (QED) is 0.855. The van der Waals surface area contributed by atoms with Gasteiger partial charge in [-0.15, -0.1) is 0 Å². The molecule has 2 aromatic heterocycles. The summed E-state index contributed by atoms with van der Waals surface area (Å²) in [6, 6.07) is 3.41. The highest BCUT2D eigenvalue weighted by Gasteiger charge is 2.13. The minimum absolute atomic E-state index is 0.257. The van der Waals surface area contributed by atoms with E-state index in [-0.39, 0.29) is 5.56 Å². The van der Waals surface area contributed by atoms with Gasteiger partial charge in [0, 0.05) is 25.9 Å². The van der Waals surface area contributed by atoms with Crippen LogP contribution in [0.15, 0.2) is 23.1 Å². The lowest BCUT2D eigenvalue weighted by Crippen LogP contribution is -2.17. The van der Waals surface area contributed by atoms with Crippen LogP contribution < -0.4 is 10.3 Å². The fourth-order valence-electron chi connectivity index (χ4n) is 2.05. The van der Waals surface area contributed by atoms with E-state index in [1.807, 2.05) is 13.0 Å². The lowest BCUT2D eigenvalue weighted by atomic mass is 10.1. The Labute approximate surface area is 127 Å². The molecule has 6 nitrogen and oxygen atoms in total. The first-order valence-corrected chi connectivity index (χ1v) is 6.81. The normalized spacial score (nSPS) is 10.6. The highest BCUT2D eigenvalue weighted by atomic mass is 32.1. The van der Waals surface area contributed by atoms with E-state index in [0.29, 0.717) is 29.5 Å². The van der Waals surface area contributed by atoms with Gasteiger partial charge in [-0.1, -0.05) is 0 Å². The second-order valence-corrected chi connectivity index (χ2v) is 4.92. The molecular weight excluding hydrogens is 290 g/mol. The van der Waals surface area contributed by atoms with Crippen molar-refractivity contribution in [1.82, 2.24) is 14.5 Å². The topological polar surface area (TPSA) is 69.1 Å². The van der Waals surface area contributed by atoms with E-state index >= 15 is 0 Å². The van der Waals surface area contributed by atoms with Gasteiger partial charge in [-0.3, -0.25) is 9.78 Å². The Kier molecular flexibility index (Phi) is 4.87. The molecule has 7 heteroatoms. The second kappa shape index (κ2) is 6.64. The molecule has 0 radical (unpaired) electrons. The van der Waals surface area contributed by atoms with Crippen LogP contribution in [0.2, 0.25) is 0 Å². The maximum Gasteiger partial charge on any atom is 0.252 e. The fourth-order valence-corrected chi connectivity index (χ4v) is 2.34. The number of aromatic amines is 1. The first kappa shape index (κ1) is 15.4. The molecule has 2 aromatic rings. The molecule has 1 N–H and O–H groups in total. The van der Waals surface area contributed by atoms with Crippen LogP contribution in [0.1, 0.15) is 5.56 Å². The number of hydrogen-bond acceptors (Lipinski definition) is 5. The largest absolute Gasteiger partial charge is 0.481 e. The van der Waals surface area contributed by atoms with E-state index in [2.05, 4.69) is 9.97 Å². The molecule has 0 fully saturated rings. The maximum absolute atomic E-state index is 11.8. The Morgan fingerprint density at radius 1 is 1.38 bits per heavy atom. The summed E-state index contributed by atoms with van der Waals surface area (Å²) >= 11 is 5.24. The van der Waals surface area contributed by atoms with Gasteiger partial charge in [-0.25, -0.2) is 4.98 Å². The third kappa shape index (κ3) is 3.37. The molecule has 0 saturated heterocycles. The molecule has 0 saturated carbocycles. The standard InChI is InChI=1S/C14H17N3O3S/c1-9-6-10(13(20-3)15-8-9)11-7-12(18)16-14(21)17(11)4-5-19-2/h6-8H,4-5H2,1-3H3,(H,16,18,21). The van der Waals surface area contributed by atoms with Crippen LogP contribution in [-0.4, -0.2) is 35.4 Å². The summed E-state index contributed by atoms with van der Waals surface area (Å²) in [6.45, 7) is 2.94. The van der Waals surface area contributed by atoms with Gasteiger partial charge >= 0.3 is 0 Å². The molecule has 0 aliphatic rings. The highest BCUT2D eigenvalue weighted by Crippen LogP contribution is 2.27. The van der Waals surface area contributed by atoms with Crippen LogP contribution >= 0.6 is 12.2 Å². The van der Waals surface area contributed by atoms with Crippen molar-refractivity contribution in [2.45, 2.75) is 13.5 Å². The molecule has 112 valence electrons. The third-order valence-electron chi connectivity index (χ3n) is 3.01. The summed E-state index contributed by atoms with van der Waals surface area (Å²) in [7, 11) is 3.16. The number of nitrogens with zero attached hydrogens (tertiary/aromatic N) is 2. The summed E-state index contributed by atoms with van der Waals surface area (Å²) in [5, 5.41) is 0. The molecular formula is C14H17N3O3S. The number of pyridine rings is 1. The Balaban J connectivity index is 2.70. The van der Waals surface area contributed by atoms with Crippen LogP contribution in [-0.2, 0) is 11.3 Å².